The average molecular weight is 354 g/mol. The first kappa shape index (κ1) is 17.9. The summed E-state index contributed by atoms with van der Waals surface area (Å²) in [6, 6.07) is 10.9. The van der Waals surface area contributed by atoms with Crippen LogP contribution in [-0.2, 0) is 0 Å². The van der Waals surface area contributed by atoms with E-state index in [1.54, 1.807) is 11.8 Å². The fourth-order valence-electron chi connectivity index (χ4n) is 3.05. The van der Waals surface area contributed by atoms with Crippen LogP contribution < -0.4 is 4.74 Å². The van der Waals surface area contributed by atoms with Crippen molar-refractivity contribution in [2.45, 2.75) is 32.8 Å². The number of nitrogens with zero attached hydrogens (tertiary/aromatic N) is 2. The van der Waals surface area contributed by atoms with Gasteiger partial charge in [0.15, 0.2) is 0 Å². The Morgan fingerprint density at radius 2 is 1.73 bits per heavy atom. The molecule has 1 N–H and O–H groups in total. The lowest BCUT2D eigenvalue weighted by atomic mass is 10.1. The van der Waals surface area contributed by atoms with Gasteiger partial charge in [-0.25, -0.2) is 9.78 Å². The zero-order chi connectivity index (χ0) is 18.7. The predicted molar refractivity (Wildman–Crippen MR) is 96.7 cm³/mol. The van der Waals surface area contributed by atoms with Crippen LogP contribution in [0.2, 0.25) is 0 Å². The van der Waals surface area contributed by atoms with Gasteiger partial charge in [-0.3, -0.25) is 4.79 Å². The minimum Gasteiger partial charge on any atom is -0.490 e. The predicted octanol–water partition coefficient (Wildman–Crippen LogP) is 3.08. The molecule has 3 rings (SSSR count). The molecule has 0 saturated carbocycles. The second-order valence-corrected chi connectivity index (χ2v) is 6.56. The molecule has 0 bridgehead atoms. The maximum Gasteiger partial charge on any atom is 0.337 e. The number of benzene rings is 1. The highest BCUT2D eigenvalue weighted by molar-refractivity contribution is 5.94. The van der Waals surface area contributed by atoms with Gasteiger partial charge in [-0.05, 0) is 38.1 Å². The van der Waals surface area contributed by atoms with Crippen LogP contribution in [0.5, 0.6) is 5.75 Å². The number of aromatic carboxylic acids is 1. The SMILES string of the molecule is Cc1ccc(OC2CCN(C(=O)c3ccc(C(=O)O)c(C)n3)CC2)cc1. The Balaban J connectivity index is 1.59. The van der Waals surface area contributed by atoms with Crippen molar-refractivity contribution >= 4 is 11.9 Å². The number of rotatable bonds is 4. The molecule has 0 radical (unpaired) electrons. The lowest BCUT2D eigenvalue weighted by Crippen LogP contribution is -2.42. The first-order valence-corrected chi connectivity index (χ1v) is 8.67. The minimum absolute atomic E-state index is 0.0887. The van der Waals surface area contributed by atoms with Crippen molar-refractivity contribution < 1.29 is 19.4 Å². The number of amides is 1. The van der Waals surface area contributed by atoms with Crippen LogP contribution in [0.4, 0.5) is 0 Å². The molecule has 0 spiro atoms. The number of likely N-dealkylation sites (tertiary alicyclic amines) is 1. The summed E-state index contributed by atoms with van der Waals surface area (Å²) in [5.74, 6) is -0.358. The molecule has 0 atom stereocenters. The number of pyridine rings is 1. The van der Waals surface area contributed by atoms with Crippen molar-refractivity contribution in [2.24, 2.45) is 0 Å². The Hall–Kier alpha value is -2.89. The normalized spacial score (nSPS) is 14.9. The third-order valence-corrected chi connectivity index (χ3v) is 4.59. The minimum atomic E-state index is -1.04. The van der Waals surface area contributed by atoms with Gasteiger partial charge in [0.1, 0.15) is 17.5 Å². The van der Waals surface area contributed by atoms with Gasteiger partial charge in [-0.2, -0.15) is 0 Å². The number of carbonyl (C=O) groups excluding carboxylic acids is 1. The fourth-order valence-corrected chi connectivity index (χ4v) is 3.05. The molecule has 2 heterocycles. The maximum absolute atomic E-state index is 12.6. The van der Waals surface area contributed by atoms with Crippen molar-refractivity contribution in [3.8, 4) is 5.75 Å². The number of hydrogen-bond acceptors (Lipinski definition) is 4. The fraction of sp³-hybridized carbons (Fsp3) is 0.350. The lowest BCUT2D eigenvalue weighted by Gasteiger charge is -2.32. The topological polar surface area (TPSA) is 79.7 Å². The first-order chi connectivity index (χ1) is 12.4. The summed E-state index contributed by atoms with van der Waals surface area (Å²) in [5, 5.41) is 9.06. The molecule has 26 heavy (non-hydrogen) atoms. The third-order valence-electron chi connectivity index (χ3n) is 4.59. The molecule has 6 heteroatoms. The quantitative estimate of drug-likeness (QED) is 0.913. The summed E-state index contributed by atoms with van der Waals surface area (Å²) in [7, 11) is 0. The number of piperidine rings is 1. The van der Waals surface area contributed by atoms with Crippen molar-refractivity contribution in [1.29, 1.82) is 0 Å². The second-order valence-electron chi connectivity index (χ2n) is 6.56. The van der Waals surface area contributed by atoms with Gasteiger partial charge in [0.2, 0.25) is 0 Å². The van der Waals surface area contributed by atoms with Gasteiger partial charge in [0.05, 0.1) is 11.3 Å². The molecule has 1 aliphatic rings. The molecule has 0 aliphatic carbocycles. The van der Waals surface area contributed by atoms with Crippen molar-refractivity contribution in [3.05, 3.63) is 58.9 Å². The number of carboxylic acid groups (broad SMARTS) is 1. The van der Waals surface area contributed by atoms with Gasteiger partial charge < -0.3 is 14.7 Å². The van der Waals surface area contributed by atoms with E-state index in [1.165, 1.54) is 17.7 Å². The molecule has 1 saturated heterocycles. The summed E-state index contributed by atoms with van der Waals surface area (Å²) >= 11 is 0. The van der Waals surface area contributed by atoms with Crippen LogP contribution in [0.1, 0.15) is 44.9 Å². The monoisotopic (exact) mass is 354 g/mol. The Bertz CT molecular complexity index is 809. The van der Waals surface area contributed by atoms with E-state index in [2.05, 4.69) is 4.98 Å². The highest BCUT2D eigenvalue weighted by atomic mass is 16.5. The van der Waals surface area contributed by atoms with Gasteiger partial charge in [0, 0.05) is 25.9 Å². The van der Waals surface area contributed by atoms with E-state index in [9.17, 15) is 9.59 Å². The first-order valence-electron chi connectivity index (χ1n) is 8.67. The van der Waals surface area contributed by atoms with Crippen LogP contribution in [0.3, 0.4) is 0 Å². The maximum atomic E-state index is 12.6. The van der Waals surface area contributed by atoms with Crippen LogP contribution in [0.15, 0.2) is 36.4 Å². The third kappa shape index (κ3) is 4.02. The summed E-state index contributed by atoms with van der Waals surface area (Å²) in [5.41, 5.74) is 1.94. The molecular weight excluding hydrogens is 332 g/mol. The van der Waals surface area contributed by atoms with Crippen LogP contribution in [0, 0.1) is 13.8 Å². The van der Waals surface area contributed by atoms with Crippen molar-refractivity contribution in [2.75, 3.05) is 13.1 Å². The molecule has 1 aromatic heterocycles. The molecule has 1 fully saturated rings. The van der Waals surface area contributed by atoms with Gasteiger partial charge >= 0.3 is 5.97 Å². The number of carbonyl (C=O) groups is 2. The molecular formula is C20H22N2O4. The zero-order valence-electron chi connectivity index (χ0n) is 14.9. The van der Waals surface area contributed by atoms with E-state index < -0.39 is 5.97 Å². The smallest absolute Gasteiger partial charge is 0.337 e. The molecule has 1 amide bonds. The molecule has 2 aromatic rings. The van der Waals surface area contributed by atoms with Crippen LogP contribution in [-0.4, -0.2) is 46.1 Å². The Labute approximate surface area is 152 Å². The Kier molecular flexibility index (Phi) is 5.21. The van der Waals surface area contributed by atoms with E-state index in [0.29, 0.717) is 18.8 Å². The van der Waals surface area contributed by atoms with E-state index in [4.69, 9.17) is 9.84 Å². The largest absolute Gasteiger partial charge is 0.490 e. The van der Waals surface area contributed by atoms with Crippen molar-refractivity contribution in [1.82, 2.24) is 9.88 Å². The lowest BCUT2D eigenvalue weighted by molar-refractivity contribution is 0.0587. The second kappa shape index (κ2) is 7.56. The summed E-state index contributed by atoms with van der Waals surface area (Å²) < 4.78 is 5.99. The van der Waals surface area contributed by atoms with Crippen molar-refractivity contribution in [3.63, 3.8) is 0 Å². The van der Waals surface area contributed by atoms with Gasteiger partial charge in [-0.15, -0.1) is 0 Å². The standard InChI is InChI=1S/C20H22N2O4/c1-13-3-5-15(6-4-13)26-16-9-11-22(12-10-16)19(23)18-8-7-17(20(24)25)14(2)21-18/h3-8,16H,9-12H2,1-2H3,(H,24,25). The van der Waals surface area contributed by atoms with Crippen LogP contribution >= 0.6 is 0 Å². The molecule has 136 valence electrons. The van der Waals surface area contributed by atoms with Gasteiger partial charge in [-0.1, -0.05) is 17.7 Å². The summed E-state index contributed by atoms with van der Waals surface area (Å²) in [6.45, 7) is 4.82. The molecule has 1 aromatic carbocycles. The van der Waals surface area contributed by atoms with E-state index >= 15 is 0 Å². The van der Waals surface area contributed by atoms with E-state index in [1.807, 2.05) is 31.2 Å². The number of aromatic nitrogens is 1. The average Bonchev–Trinajstić information content (AvgIpc) is 2.63. The molecule has 1 aliphatic heterocycles. The highest BCUT2D eigenvalue weighted by Crippen LogP contribution is 2.20. The Morgan fingerprint density at radius 1 is 1.08 bits per heavy atom. The number of carboxylic acids is 1. The summed E-state index contributed by atoms with van der Waals surface area (Å²) in [6.07, 6.45) is 1.60. The van der Waals surface area contributed by atoms with Crippen LogP contribution in [0.25, 0.3) is 0 Å². The number of aryl methyl sites for hydroxylation is 2. The Morgan fingerprint density at radius 3 is 2.31 bits per heavy atom. The van der Waals surface area contributed by atoms with Gasteiger partial charge in [0.25, 0.3) is 5.91 Å². The summed E-state index contributed by atoms with van der Waals surface area (Å²) in [4.78, 5) is 29.6. The number of ether oxygens (including phenoxy) is 1. The van der Waals surface area contributed by atoms with E-state index in [0.717, 1.165) is 18.6 Å². The zero-order valence-corrected chi connectivity index (χ0v) is 14.9. The highest BCUT2D eigenvalue weighted by Gasteiger charge is 2.26. The molecule has 0 unspecified atom stereocenters. The molecule has 6 nitrogen and oxygen atoms in total. The van der Waals surface area contributed by atoms with E-state index in [-0.39, 0.29) is 23.3 Å². The number of hydrogen-bond donors (Lipinski definition) is 1.